The van der Waals surface area contributed by atoms with Crippen molar-refractivity contribution < 1.29 is 9.18 Å². The molecule has 6 heteroatoms. The van der Waals surface area contributed by atoms with Crippen LogP contribution in [0.2, 0.25) is 0 Å². The van der Waals surface area contributed by atoms with Gasteiger partial charge < -0.3 is 11.1 Å². The molecule has 5 nitrogen and oxygen atoms in total. The van der Waals surface area contributed by atoms with Crippen molar-refractivity contribution >= 4 is 28.2 Å². The second kappa shape index (κ2) is 4.90. The Morgan fingerprint density at radius 1 is 1.29 bits per heavy atom. The van der Waals surface area contributed by atoms with Crippen LogP contribution in [-0.2, 0) is 0 Å². The Bertz CT molecular complexity index is 841. The van der Waals surface area contributed by atoms with E-state index in [4.69, 9.17) is 5.73 Å². The molecule has 0 spiro atoms. The third-order valence-electron chi connectivity index (χ3n) is 3.17. The quantitative estimate of drug-likeness (QED) is 0.633. The summed E-state index contributed by atoms with van der Waals surface area (Å²) in [4.78, 5) is 12.3. The highest BCUT2D eigenvalue weighted by atomic mass is 19.1. The van der Waals surface area contributed by atoms with E-state index in [2.05, 4.69) is 15.5 Å². The minimum Gasteiger partial charge on any atom is -0.399 e. The molecule has 0 atom stereocenters. The monoisotopic (exact) mass is 284 g/mol. The molecule has 0 saturated heterocycles. The minimum absolute atomic E-state index is 0.125. The first-order valence-electron chi connectivity index (χ1n) is 6.36. The number of carbonyl (C=O) groups is 1. The Morgan fingerprint density at radius 2 is 2.10 bits per heavy atom. The Hall–Kier alpha value is -2.89. The summed E-state index contributed by atoms with van der Waals surface area (Å²) < 4.78 is 13.7. The Labute approximate surface area is 120 Å². The van der Waals surface area contributed by atoms with Gasteiger partial charge in [-0.25, -0.2) is 4.39 Å². The highest BCUT2D eigenvalue weighted by Crippen LogP contribution is 2.21. The molecular weight excluding hydrogens is 271 g/mol. The van der Waals surface area contributed by atoms with E-state index in [1.807, 2.05) is 6.92 Å². The molecule has 0 aliphatic carbocycles. The second-order valence-electron chi connectivity index (χ2n) is 4.81. The van der Waals surface area contributed by atoms with E-state index in [1.54, 1.807) is 30.3 Å². The topological polar surface area (TPSA) is 83.8 Å². The fourth-order valence-electron chi connectivity index (χ4n) is 2.12. The molecule has 0 aliphatic heterocycles. The molecule has 2 aromatic carbocycles. The maximum atomic E-state index is 13.7. The molecule has 0 aliphatic rings. The van der Waals surface area contributed by atoms with E-state index in [0.717, 1.165) is 5.56 Å². The summed E-state index contributed by atoms with van der Waals surface area (Å²) in [5, 5.41) is 9.84. The van der Waals surface area contributed by atoms with Crippen molar-refractivity contribution in [3.05, 3.63) is 53.5 Å². The van der Waals surface area contributed by atoms with Crippen LogP contribution >= 0.6 is 0 Å². The van der Waals surface area contributed by atoms with Crippen molar-refractivity contribution in [3.8, 4) is 0 Å². The lowest BCUT2D eigenvalue weighted by molar-refractivity contribution is 0.102. The molecule has 3 rings (SSSR count). The normalized spacial score (nSPS) is 10.8. The third kappa shape index (κ3) is 2.43. The number of fused-ring (bicyclic) bond motifs is 1. The van der Waals surface area contributed by atoms with Gasteiger partial charge in [0, 0.05) is 11.1 Å². The minimum atomic E-state index is -0.492. The molecule has 21 heavy (non-hydrogen) atoms. The van der Waals surface area contributed by atoms with Gasteiger partial charge in [-0.3, -0.25) is 9.89 Å². The first-order chi connectivity index (χ1) is 10.0. The number of aryl methyl sites for hydroxylation is 1. The number of halogens is 1. The number of benzene rings is 2. The fourth-order valence-corrected chi connectivity index (χ4v) is 2.12. The number of aromatic nitrogens is 2. The number of nitrogen functional groups attached to an aromatic ring is 1. The predicted octanol–water partition coefficient (Wildman–Crippen LogP) is 2.84. The van der Waals surface area contributed by atoms with Crippen LogP contribution in [0.15, 0.2) is 36.4 Å². The van der Waals surface area contributed by atoms with E-state index in [1.165, 1.54) is 6.07 Å². The van der Waals surface area contributed by atoms with Gasteiger partial charge in [-0.1, -0.05) is 6.07 Å². The van der Waals surface area contributed by atoms with Crippen molar-refractivity contribution in [1.29, 1.82) is 0 Å². The van der Waals surface area contributed by atoms with Gasteiger partial charge >= 0.3 is 0 Å². The van der Waals surface area contributed by atoms with Crippen molar-refractivity contribution in [2.24, 2.45) is 0 Å². The number of nitrogens with zero attached hydrogens (tertiary/aromatic N) is 1. The van der Waals surface area contributed by atoms with Crippen molar-refractivity contribution in [2.45, 2.75) is 6.92 Å². The molecule has 0 fully saturated rings. The van der Waals surface area contributed by atoms with E-state index < -0.39 is 11.7 Å². The smallest absolute Gasteiger partial charge is 0.276 e. The number of hydrogen-bond donors (Lipinski definition) is 3. The maximum absolute atomic E-state index is 13.7. The number of aromatic amines is 1. The van der Waals surface area contributed by atoms with E-state index in [0.29, 0.717) is 16.6 Å². The summed E-state index contributed by atoms with van der Waals surface area (Å²) in [6.45, 7) is 1.82. The summed E-state index contributed by atoms with van der Waals surface area (Å²) in [5.41, 5.74) is 8.09. The summed E-state index contributed by atoms with van der Waals surface area (Å²) in [5.74, 6) is -0.982. The van der Waals surface area contributed by atoms with Crippen LogP contribution in [0.1, 0.15) is 16.1 Å². The van der Waals surface area contributed by atoms with Crippen molar-refractivity contribution in [2.75, 3.05) is 11.1 Å². The zero-order chi connectivity index (χ0) is 15.0. The molecule has 0 bridgehead atoms. The zero-order valence-corrected chi connectivity index (χ0v) is 11.3. The van der Waals surface area contributed by atoms with Gasteiger partial charge in [-0.05, 0) is 42.8 Å². The lowest BCUT2D eigenvalue weighted by Gasteiger charge is -2.06. The highest BCUT2D eigenvalue weighted by molar-refractivity contribution is 6.11. The van der Waals surface area contributed by atoms with E-state index >= 15 is 0 Å². The Balaban J connectivity index is 1.97. The number of hydrogen-bond acceptors (Lipinski definition) is 3. The molecule has 3 aromatic rings. The van der Waals surface area contributed by atoms with Gasteiger partial charge in [0.15, 0.2) is 5.69 Å². The molecule has 1 aromatic heterocycles. The number of rotatable bonds is 2. The molecule has 1 heterocycles. The third-order valence-corrected chi connectivity index (χ3v) is 3.17. The van der Waals surface area contributed by atoms with Crippen LogP contribution in [0.25, 0.3) is 10.9 Å². The van der Waals surface area contributed by atoms with Crippen LogP contribution in [0.5, 0.6) is 0 Å². The van der Waals surface area contributed by atoms with Crippen LogP contribution in [-0.4, -0.2) is 16.1 Å². The van der Waals surface area contributed by atoms with Gasteiger partial charge in [0.1, 0.15) is 5.82 Å². The number of nitrogens with one attached hydrogen (secondary N) is 2. The first kappa shape index (κ1) is 13.1. The number of anilines is 2. The van der Waals surface area contributed by atoms with Crippen LogP contribution in [0.3, 0.4) is 0 Å². The van der Waals surface area contributed by atoms with Gasteiger partial charge in [0.2, 0.25) is 0 Å². The van der Waals surface area contributed by atoms with Gasteiger partial charge in [0.05, 0.1) is 11.2 Å². The molecular formula is C15H13FN4O. The average Bonchev–Trinajstić information content (AvgIpc) is 2.85. The average molecular weight is 284 g/mol. The lowest BCUT2D eigenvalue weighted by atomic mass is 10.1. The van der Waals surface area contributed by atoms with Crippen molar-refractivity contribution in [1.82, 2.24) is 10.2 Å². The van der Waals surface area contributed by atoms with E-state index in [9.17, 15) is 9.18 Å². The van der Waals surface area contributed by atoms with Gasteiger partial charge in [0.25, 0.3) is 5.91 Å². The summed E-state index contributed by atoms with van der Waals surface area (Å²) in [6, 6.07) is 9.61. The van der Waals surface area contributed by atoms with Crippen LogP contribution < -0.4 is 11.1 Å². The molecule has 1 amide bonds. The number of amides is 1. The second-order valence-corrected chi connectivity index (χ2v) is 4.81. The predicted molar refractivity (Wildman–Crippen MR) is 79.6 cm³/mol. The number of H-pyrrole nitrogens is 1. The van der Waals surface area contributed by atoms with E-state index in [-0.39, 0.29) is 11.4 Å². The van der Waals surface area contributed by atoms with Crippen LogP contribution in [0, 0.1) is 12.7 Å². The Kier molecular flexibility index (Phi) is 3.06. The summed E-state index contributed by atoms with van der Waals surface area (Å²) in [7, 11) is 0. The first-order valence-corrected chi connectivity index (χ1v) is 6.36. The molecule has 0 unspecified atom stereocenters. The standard InChI is InChI=1S/C15H13FN4O/c1-8-2-4-11(16)13(6-8)18-15(21)14-10-7-9(17)3-5-12(10)19-20-14/h2-7H,17H2,1H3,(H,18,21)(H,19,20). The van der Waals surface area contributed by atoms with Crippen molar-refractivity contribution in [3.63, 3.8) is 0 Å². The fraction of sp³-hybridized carbons (Fsp3) is 0.0667. The number of carbonyl (C=O) groups excluding carboxylic acids is 1. The van der Waals surface area contributed by atoms with Gasteiger partial charge in [-0.15, -0.1) is 0 Å². The summed E-state index contributed by atoms with van der Waals surface area (Å²) in [6.07, 6.45) is 0. The highest BCUT2D eigenvalue weighted by Gasteiger charge is 2.16. The largest absolute Gasteiger partial charge is 0.399 e. The van der Waals surface area contributed by atoms with Gasteiger partial charge in [-0.2, -0.15) is 5.10 Å². The molecule has 0 saturated carbocycles. The van der Waals surface area contributed by atoms with Crippen LogP contribution in [0.4, 0.5) is 15.8 Å². The summed E-state index contributed by atoms with van der Waals surface area (Å²) >= 11 is 0. The Morgan fingerprint density at radius 3 is 2.90 bits per heavy atom. The molecule has 0 radical (unpaired) electrons. The SMILES string of the molecule is Cc1ccc(F)c(NC(=O)c2n[nH]c3ccc(N)cc23)c1. The molecule has 4 N–H and O–H groups in total. The maximum Gasteiger partial charge on any atom is 0.276 e. The lowest BCUT2D eigenvalue weighted by Crippen LogP contribution is -2.14. The number of nitrogens with two attached hydrogens (primary N) is 1. The zero-order valence-electron chi connectivity index (χ0n) is 11.3. The molecule has 106 valence electrons.